The maximum absolute atomic E-state index is 12.3. The van der Waals surface area contributed by atoms with Crippen molar-refractivity contribution in [2.75, 3.05) is 24.4 Å². The van der Waals surface area contributed by atoms with E-state index in [0.717, 1.165) is 19.6 Å². The zero-order valence-corrected chi connectivity index (χ0v) is 13.0. The van der Waals surface area contributed by atoms with E-state index in [1.807, 2.05) is 18.2 Å². The van der Waals surface area contributed by atoms with E-state index in [1.54, 1.807) is 12.1 Å². The molecule has 0 bridgehead atoms. The van der Waals surface area contributed by atoms with Crippen molar-refractivity contribution in [2.45, 2.75) is 31.9 Å². The van der Waals surface area contributed by atoms with Gasteiger partial charge >= 0.3 is 0 Å². The summed E-state index contributed by atoms with van der Waals surface area (Å²) in [4.78, 5) is 2.32. The number of benzene rings is 1. The number of hydrogen-bond acceptors (Lipinski definition) is 3. The fourth-order valence-electron chi connectivity index (χ4n) is 2.58. The molecule has 1 N–H and O–H groups in total. The van der Waals surface area contributed by atoms with Crippen LogP contribution in [0.1, 0.15) is 26.7 Å². The van der Waals surface area contributed by atoms with E-state index in [0.29, 0.717) is 18.5 Å². The fourth-order valence-corrected chi connectivity index (χ4v) is 4.04. The van der Waals surface area contributed by atoms with Crippen molar-refractivity contribution in [1.82, 2.24) is 4.90 Å². The van der Waals surface area contributed by atoms with Crippen LogP contribution in [0.3, 0.4) is 0 Å². The van der Waals surface area contributed by atoms with Gasteiger partial charge in [-0.1, -0.05) is 32.0 Å². The number of rotatable bonds is 5. The maximum atomic E-state index is 12.3. The van der Waals surface area contributed by atoms with Crippen molar-refractivity contribution in [3.8, 4) is 0 Å². The van der Waals surface area contributed by atoms with Crippen molar-refractivity contribution >= 4 is 15.7 Å². The lowest BCUT2D eigenvalue weighted by atomic mass is 10.1. The number of hydrogen-bond donors (Lipinski definition) is 1. The second kappa shape index (κ2) is 6.59. The molecule has 1 radical (unpaired) electrons. The van der Waals surface area contributed by atoms with Crippen LogP contribution in [-0.2, 0) is 10.0 Å². The molecule has 0 saturated carbocycles. The van der Waals surface area contributed by atoms with Gasteiger partial charge in [0.15, 0.2) is 0 Å². The van der Waals surface area contributed by atoms with E-state index in [1.165, 1.54) is 5.92 Å². The summed E-state index contributed by atoms with van der Waals surface area (Å²) in [5.74, 6) is 1.37. The highest BCUT2D eigenvalue weighted by molar-refractivity contribution is 7.93. The van der Waals surface area contributed by atoms with E-state index >= 15 is 0 Å². The second-order valence-corrected chi connectivity index (χ2v) is 7.66. The summed E-state index contributed by atoms with van der Waals surface area (Å²) in [7, 11) is -3.27. The Morgan fingerprint density at radius 3 is 2.35 bits per heavy atom. The zero-order valence-electron chi connectivity index (χ0n) is 12.2. The summed E-state index contributed by atoms with van der Waals surface area (Å²) in [5, 5.41) is -0.281. The van der Waals surface area contributed by atoms with Gasteiger partial charge in [0, 0.05) is 12.2 Å². The molecule has 20 heavy (non-hydrogen) atoms. The molecule has 2 rings (SSSR count). The summed E-state index contributed by atoms with van der Waals surface area (Å²) in [6.45, 7) is 6.90. The van der Waals surface area contributed by atoms with Crippen LogP contribution in [0.2, 0.25) is 0 Å². The van der Waals surface area contributed by atoms with Crippen molar-refractivity contribution < 1.29 is 8.42 Å². The molecule has 1 heterocycles. The molecule has 0 atom stereocenters. The molecule has 0 amide bonds. The molecule has 1 aromatic carbocycles. The Bertz CT molecular complexity index is 506. The Labute approximate surface area is 122 Å². The van der Waals surface area contributed by atoms with Crippen molar-refractivity contribution in [1.29, 1.82) is 0 Å². The van der Waals surface area contributed by atoms with Crippen LogP contribution in [0.4, 0.5) is 5.69 Å². The molecule has 5 heteroatoms. The number of sulfonamides is 1. The summed E-state index contributed by atoms with van der Waals surface area (Å²) < 4.78 is 27.4. The smallest absolute Gasteiger partial charge is 0.235 e. The molecule has 1 fully saturated rings. The molecule has 1 aliphatic rings. The van der Waals surface area contributed by atoms with Crippen LogP contribution >= 0.6 is 0 Å². The van der Waals surface area contributed by atoms with Crippen LogP contribution < -0.4 is 4.72 Å². The topological polar surface area (TPSA) is 49.4 Å². The van der Waals surface area contributed by atoms with Crippen molar-refractivity contribution in [2.24, 2.45) is 0 Å². The van der Waals surface area contributed by atoms with Gasteiger partial charge in [0.25, 0.3) is 0 Å². The van der Waals surface area contributed by atoms with Crippen LogP contribution in [0.5, 0.6) is 0 Å². The molecule has 111 valence electrons. The molecule has 1 aliphatic heterocycles. The summed E-state index contributed by atoms with van der Waals surface area (Å²) in [5.41, 5.74) is 0.646. The van der Waals surface area contributed by atoms with E-state index in [2.05, 4.69) is 23.5 Å². The van der Waals surface area contributed by atoms with Gasteiger partial charge in [-0.05, 0) is 44.0 Å². The number of para-hydroxylation sites is 1. The standard InChI is InChI=1S/C15H23N2O2S/c1-13(2)12-17-10-8-15(9-11-17)20(18,19)16-14-6-4-3-5-7-14/h3-7,15-16H,8-12H2,1-2H3. The van der Waals surface area contributed by atoms with Gasteiger partial charge in [-0.15, -0.1) is 0 Å². The predicted octanol–water partition coefficient (Wildman–Crippen LogP) is 2.51. The molecule has 0 aromatic heterocycles. The van der Waals surface area contributed by atoms with Gasteiger partial charge in [0.1, 0.15) is 0 Å². The lowest BCUT2D eigenvalue weighted by molar-refractivity contribution is 0.238. The Balaban J connectivity index is 1.92. The molecule has 0 aliphatic carbocycles. The minimum Gasteiger partial charge on any atom is -0.303 e. The van der Waals surface area contributed by atoms with Gasteiger partial charge < -0.3 is 4.90 Å². The summed E-state index contributed by atoms with van der Waals surface area (Å²) in [6.07, 6.45) is 1.41. The molecule has 4 nitrogen and oxygen atoms in total. The molecular weight excluding hydrogens is 272 g/mol. The van der Waals surface area contributed by atoms with Crippen LogP contribution in [0.25, 0.3) is 0 Å². The number of likely N-dealkylation sites (tertiary alicyclic amines) is 1. The molecule has 1 aromatic rings. The Morgan fingerprint density at radius 1 is 1.20 bits per heavy atom. The monoisotopic (exact) mass is 295 g/mol. The number of anilines is 1. The van der Waals surface area contributed by atoms with Crippen LogP contribution in [0.15, 0.2) is 30.3 Å². The van der Waals surface area contributed by atoms with E-state index in [-0.39, 0.29) is 5.25 Å². The molecule has 0 spiro atoms. The zero-order chi connectivity index (χ0) is 14.6. The Kier molecular flexibility index (Phi) is 5.05. The highest BCUT2D eigenvalue weighted by Crippen LogP contribution is 2.21. The Hall–Kier alpha value is -1.07. The molecule has 0 unspecified atom stereocenters. The highest BCUT2D eigenvalue weighted by atomic mass is 32.2. The van der Waals surface area contributed by atoms with E-state index < -0.39 is 10.0 Å². The van der Waals surface area contributed by atoms with Gasteiger partial charge in [0.2, 0.25) is 10.0 Å². The van der Waals surface area contributed by atoms with Gasteiger partial charge in [-0.2, -0.15) is 0 Å². The predicted molar refractivity (Wildman–Crippen MR) is 83.0 cm³/mol. The van der Waals surface area contributed by atoms with Crippen molar-refractivity contribution in [3.05, 3.63) is 36.2 Å². The third-order valence-corrected chi connectivity index (χ3v) is 5.42. The molecular formula is C15H23N2O2S. The minimum absolute atomic E-state index is 0.281. The largest absolute Gasteiger partial charge is 0.303 e. The average molecular weight is 295 g/mol. The first-order chi connectivity index (χ1) is 9.47. The lowest BCUT2D eigenvalue weighted by Crippen LogP contribution is -2.42. The van der Waals surface area contributed by atoms with Gasteiger partial charge in [0.05, 0.1) is 5.25 Å². The normalized spacial score (nSPS) is 18.4. The minimum atomic E-state index is -3.27. The Morgan fingerprint density at radius 2 is 1.80 bits per heavy atom. The first kappa shape index (κ1) is 15.3. The summed E-state index contributed by atoms with van der Waals surface area (Å²) in [6, 6.07) is 9.10. The SMILES string of the molecule is C[C](C)CN1CCC(S(=O)(=O)Nc2ccccc2)CC1. The first-order valence-corrected chi connectivity index (χ1v) is 8.60. The number of nitrogens with one attached hydrogen (secondary N) is 1. The maximum Gasteiger partial charge on any atom is 0.235 e. The van der Waals surface area contributed by atoms with Gasteiger partial charge in [-0.25, -0.2) is 8.42 Å². The third-order valence-electron chi connectivity index (χ3n) is 3.55. The van der Waals surface area contributed by atoms with Crippen LogP contribution in [0, 0.1) is 5.92 Å². The average Bonchev–Trinajstić information content (AvgIpc) is 2.39. The number of piperidine rings is 1. The third kappa shape index (κ3) is 4.21. The first-order valence-electron chi connectivity index (χ1n) is 7.05. The fraction of sp³-hybridized carbons (Fsp3) is 0.533. The van der Waals surface area contributed by atoms with Crippen molar-refractivity contribution in [3.63, 3.8) is 0 Å². The van der Waals surface area contributed by atoms with Crippen LogP contribution in [-0.4, -0.2) is 38.2 Å². The number of nitrogens with zero attached hydrogens (tertiary/aromatic N) is 1. The van der Waals surface area contributed by atoms with E-state index in [4.69, 9.17) is 0 Å². The second-order valence-electron chi connectivity index (χ2n) is 5.70. The lowest BCUT2D eigenvalue weighted by Gasteiger charge is -2.32. The highest BCUT2D eigenvalue weighted by Gasteiger charge is 2.30. The van der Waals surface area contributed by atoms with Gasteiger partial charge in [-0.3, -0.25) is 4.72 Å². The molecule has 1 saturated heterocycles. The van der Waals surface area contributed by atoms with E-state index in [9.17, 15) is 8.42 Å². The quantitative estimate of drug-likeness (QED) is 0.908. The summed E-state index contributed by atoms with van der Waals surface area (Å²) >= 11 is 0.